The fraction of sp³-hybridized carbons (Fsp3) is 0.143. The molecule has 2 aliphatic heterocycles. The maximum Gasteiger partial charge on any atom is 0.305 e. The van der Waals surface area contributed by atoms with E-state index in [1.165, 1.54) is 36.0 Å². The first kappa shape index (κ1) is 26.3. The highest BCUT2D eigenvalue weighted by molar-refractivity contribution is 8.00. The number of halogens is 2. The molecule has 40 heavy (non-hydrogen) atoms. The van der Waals surface area contributed by atoms with E-state index in [0.29, 0.717) is 37.6 Å². The predicted octanol–water partition coefficient (Wildman–Crippen LogP) is 5.04. The number of nitrogens with zero attached hydrogens (tertiary/aromatic N) is 1. The minimum atomic E-state index is -0.765. The largest absolute Gasteiger partial charge is 0.484 e. The predicted molar refractivity (Wildman–Crippen MR) is 151 cm³/mol. The van der Waals surface area contributed by atoms with Gasteiger partial charge in [-0.05, 0) is 66.2 Å². The van der Waals surface area contributed by atoms with E-state index in [2.05, 4.69) is 10.3 Å². The highest BCUT2D eigenvalue weighted by atomic mass is 35.5. The molecule has 1 aromatic heterocycles. The van der Waals surface area contributed by atoms with Gasteiger partial charge >= 0.3 is 4.87 Å². The number of hydrogen-bond acceptors (Lipinski definition) is 7. The Morgan fingerprint density at radius 3 is 2.38 bits per heavy atom. The van der Waals surface area contributed by atoms with Crippen molar-refractivity contribution in [1.82, 2.24) is 4.98 Å². The number of imide groups is 1. The van der Waals surface area contributed by atoms with Gasteiger partial charge in [-0.3, -0.25) is 19.2 Å². The van der Waals surface area contributed by atoms with Crippen LogP contribution in [0.3, 0.4) is 0 Å². The summed E-state index contributed by atoms with van der Waals surface area (Å²) in [5.41, 5.74) is 1.60. The Hall–Kier alpha value is -3.93. The van der Waals surface area contributed by atoms with Crippen molar-refractivity contribution in [3.8, 4) is 5.75 Å². The van der Waals surface area contributed by atoms with Crippen molar-refractivity contribution in [2.24, 2.45) is 5.92 Å². The van der Waals surface area contributed by atoms with Crippen LogP contribution in [0.2, 0.25) is 5.02 Å². The van der Waals surface area contributed by atoms with Crippen molar-refractivity contribution in [3.05, 3.63) is 104 Å². The fourth-order valence-electron chi connectivity index (χ4n) is 4.87. The average molecular weight is 596 g/mol. The summed E-state index contributed by atoms with van der Waals surface area (Å²) >= 11 is 8.04. The Morgan fingerprint density at radius 2 is 1.68 bits per heavy atom. The van der Waals surface area contributed by atoms with Crippen molar-refractivity contribution < 1.29 is 23.5 Å². The summed E-state index contributed by atoms with van der Waals surface area (Å²) in [6.45, 7) is -0.226. The Balaban J connectivity index is 1.24. The first-order valence-corrected chi connectivity index (χ1v) is 14.2. The number of carbonyl (C=O) groups is 3. The van der Waals surface area contributed by atoms with Gasteiger partial charge in [0.25, 0.3) is 5.91 Å². The van der Waals surface area contributed by atoms with Crippen molar-refractivity contribution in [1.29, 1.82) is 0 Å². The van der Waals surface area contributed by atoms with Crippen LogP contribution in [0.4, 0.5) is 15.8 Å². The van der Waals surface area contributed by atoms with Crippen LogP contribution in [0.1, 0.15) is 16.4 Å². The van der Waals surface area contributed by atoms with E-state index in [0.717, 1.165) is 16.2 Å². The molecule has 3 heterocycles. The molecule has 3 atom stereocenters. The summed E-state index contributed by atoms with van der Waals surface area (Å²) in [6, 6.07) is 18.8. The summed E-state index contributed by atoms with van der Waals surface area (Å²) < 4.78 is 19.1. The monoisotopic (exact) mass is 595 g/mol. The van der Waals surface area contributed by atoms with Crippen LogP contribution in [-0.2, 0) is 14.4 Å². The maximum atomic E-state index is 13.7. The summed E-state index contributed by atoms with van der Waals surface area (Å²) in [5.74, 6) is -2.55. The number of anilines is 2. The third kappa shape index (κ3) is 4.91. The molecule has 3 aromatic carbocycles. The number of benzene rings is 3. The molecular weight excluding hydrogens is 577 g/mol. The lowest BCUT2D eigenvalue weighted by Gasteiger charge is -2.29. The smallest absolute Gasteiger partial charge is 0.305 e. The van der Waals surface area contributed by atoms with E-state index >= 15 is 0 Å². The minimum Gasteiger partial charge on any atom is -0.484 e. The number of nitrogens with one attached hydrogen (secondary N) is 2. The number of hydrogen-bond donors (Lipinski definition) is 2. The van der Waals surface area contributed by atoms with Gasteiger partial charge in [0.2, 0.25) is 11.8 Å². The number of fused-ring (bicyclic) bond motifs is 2. The van der Waals surface area contributed by atoms with Gasteiger partial charge in [0, 0.05) is 21.5 Å². The Morgan fingerprint density at radius 1 is 0.975 bits per heavy atom. The molecule has 0 bridgehead atoms. The zero-order chi connectivity index (χ0) is 28.0. The van der Waals surface area contributed by atoms with Crippen LogP contribution in [0.25, 0.3) is 0 Å². The molecule has 4 aromatic rings. The number of ether oxygens (including phenoxy) is 1. The molecule has 0 aliphatic carbocycles. The lowest BCUT2D eigenvalue weighted by atomic mass is 9.83. The van der Waals surface area contributed by atoms with Crippen LogP contribution in [0.5, 0.6) is 5.75 Å². The lowest BCUT2D eigenvalue weighted by Crippen LogP contribution is -2.32. The molecule has 6 rings (SSSR count). The Kier molecular flexibility index (Phi) is 6.95. The van der Waals surface area contributed by atoms with Gasteiger partial charge in [0.05, 0.1) is 16.6 Å². The number of thioether (sulfide) groups is 1. The van der Waals surface area contributed by atoms with E-state index in [1.807, 2.05) is 0 Å². The summed E-state index contributed by atoms with van der Waals surface area (Å²) in [7, 11) is 0. The fourth-order valence-corrected chi connectivity index (χ4v) is 7.51. The molecule has 0 saturated carbocycles. The maximum absolute atomic E-state index is 13.7. The zero-order valence-electron chi connectivity index (χ0n) is 20.4. The summed E-state index contributed by atoms with van der Waals surface area (Å²) in [6.07, 6.45) is 0. The van der Waals surface area contributed by atoms with Crippen molar-refractivity contribution in [3.63, 3.8) is 0 Å². The van der Waals surface area contributed by atoms with Crippen molar-refractivity contribution >= 4 is 63.8 Å². The highest BCUT2D eigenvalue weighted by Crippen LogP contribution is 2.53. The topological polar surface area (TPSA) is 109 Å². The third-order valence-corrected chi connectivity index (χ3v) is 9.30. The van der Waals surface area contributed by atoms with Crippen molar-refractivity contribution in [2.45, 2.75) is 16.2 Å². The van der Waals surface area contributed by atoms with E-state index < -0.39 is 34.7 Å². The Bertz CT molecular complexity index is 1670. The number of H-pyrrole nitrogens is 1. The quantitative estimate of drug-likeness (QED) is 0.302. The summed E-state index contributed by atoms with van der Waals surface area (Å²) in [4.78, 5) is 55.9. The average Bonchev–Trinajstić information content (AvgIpc) is 3.44. The minimum absolute atomic E-state index is 0.226. The molecule has 1 saturated heterocycles. The number of aromatic nitrogens is 1. The standard InChI is InChI=1S/C28H19ClFN3O5S2/c29-15-3-7-17(8-4-15)31-20(34)13-38-19-11-1-14(2-12-19)21-22-24(39-25-23(21)40-28(37)32-25)27(36)33(26(22)35)18-9-5-16(30)6-10-18/h1-12,21-22,24H,13H2,(H,31,34)(H,32,37)/t21-,22?,24?/m1/s1. The Labute approximate surface area is 240 Å². The summed E-state index contributed by atoms with van der Waals surface area (Å²) in [5, 5.41) is 3.08. The van der Waals surface area contributed by atoms with Crippen LogP contribution < -0.4 is 19.8 Å². The van der Waals surface area contributed by atoms with E-state index in [1.54, 1.807) is 48.5 Å². The molecule has 12 heteroatoms. The second-order valence-electron chi connectivity index (χ2n) is 9.15. The molecular formula is C28H19ClFN3O5S2. The lowest BCUT2D eigenvalue weighted by molar-refractivity contribution is -0.122. The number of carbonyl (C=O) groups excluding carboxylic acids is 3. The van der Waals surface area contributed by atoms with Gasteiger partial charge < -0.3 is 15.0 Å². The van der Waals surface area contributed by atoms with Gasteiger partial charge in [-0.25, -0.2) is 9.29 Å². The molecule has 1 fully saturated rings. The van der Waals surface area contributed by atoms with Crippen molar-refractivity contribution in [2.75, 3.05) is 16.8 Å². The molecule has 0 radical (unpaired) electrons. The zero-order valence-corrected chi connectivity index (χ0v) is 22.8. The van der Waals surface area contributed by atoms with Gasteiger partial charge in [-0.2, -0.15) is 0 Å². The number of aromatic amines is 1. The number of thiazole rings is 1. The SMILES string of the molecule is O=C(COc1ccc([C@H]2c3sc(=O)[nH]c3SC3C(=O)N(c4ccc(F)cc4)C(=O)C32)cc1)Nc1ccc(Cl)cc1. The van der Waals surface area contributed by atoms with E-state index in [4.69, 9.17) is 16.3 Å². The second kappa shape index (κ2) is 10.6. The van der Waals surface area contributed by atoms with Gasteiger partial charge in [0.15, 0.2) is 6.61 Å². The molecule has 2 unspecified atom stereocenters. The van der Waals surface area contributed by atoms with Crippen LogP contribution >= 0.6 is 34.7 Å². The molecule has 0 spiro atoms. The van der Waals surface area contributed by atoms with Gasteiger partial charge in [0.1, 0.15) is 16.8 Å². The third-order valence-electron chi connectivity index (χ3n) is 6.65. The van der Waals surface area contributed by atoms with Crippen LogP contribution in [-0.4, -0.2) is 34.6 Å². The van der Waals surface area contributed by atoms with Gasteiger partial charge in [-0.15, -0.1) is 0 Å². The van der Waals surface area contributed by atoms with Crippen LogP contribution in [0, 0.1) is 11.7 Å². The van der Waals surface area contributed by atoms with Gasteiger partial charge in [-0.1, -0.05) is 46.8 Å². The van der Waals surface area contributed by atoms with E-state index in [-0.39, 0.29) is 17.4 Å². The first-order valence-electron chi connectivity index (χ1n) is 12.1. The molecule has 2 N–H and O–H groups in total. The molecule has 8 nitrogen and oxygen atoms in total. The van der Waals surface area contributed by atoms with E-state index in [9.17, 15) is 23.6 Å². The first-order chi connectivity index (χ1) is 19.3. The number of amides is 3. The highest BCUT2D eigenvalue weighted by Gasteiger charge is 2.56. The normalized spacial score (nSPS) is 19.8. The second-order valence-corrected chi connectivity index (χ2v) is 11.8. The number of rotatable bonds is 6. The molecule has 202 valence electrons. The molecule has 3 amide bonds. The molecule has 2 aliphatic rings. The van der Waals surface area contributed by atoms with Crippen LogP contribution in [0.15, 0.2) is 82.6 Å².